The molecule has 1 aliphatic rings. The smallest absolute Gasteiger partial charge is 0.323 e. The highest BCUT2D eigenvalue weighted by Crippen LogP contribution is 2.23. The number of hydrogen-bond acceptors (Lipinski definition) is 4. The fraction of sp³-hybridized carbons (Fsp3) is 0.889. The second kappa shape index (κ2) is 5.50. The molecule has 0 saturated carbocycles. The lowest BCUT2D eigenvalue weighted by Crippen LogP contribution is -2.37. The molecule has 3 nitrogen and oxygen atoms in total. The number of methoxy groups -OCH3 is 1. The Morgan fingerprint density at radius 1 is 1.69 bits per heavy atom. The van der Waals surface area contributed by atoms with E-state index in [4.69, 9.17) is 0 Å². The average Bonchev–Trinajstić information content (AvgIpc) is 2.62. The molecule has 1 fully saturated rings. The third kappa shape index (κ3) is 3.19. The van der Waals surface area contributed by atoms with Crippen LogP contribution in [0.4, 0.5) is 0 Å². The van der Waals surface area contributed by atoms with Crippen LogP contribution in [0, 0.1) is 0 Å². The molecule has 1 heterocycles. The molecule has 1 rings (SSSR count). The summed E-state index contributed by atoms with van der Waals surface area (Å²) in [5.41, 5.74) is 0. The van der Waals surface area contributed by atoms with Crippen LogP contribution < -0.4 is 5.32 Å². The van der Waals surface area contributed by atoms with E-state index in [2.05, 4.69) is 17.0 Å². The van der Waals surface area contributed by atoms with E-state index >= 15 is 0 Å². The third-order valence-corrected chi connectivity index (χ3v) is 3.46. The zero-order valence-corrected chi connectivity index (χ0v) is 9.02. The Hall–Kier alpha value is -0.220. The summed E-state index contributed by atoms with van der Waals surface area (Å²) in [7, 11) is 1.44. The van der Waals surface area contributed by atoms with Crippen molar-refractivity contribution in [2.45, 2.75) is 37.6 Å². The summed E-state index contributed by atoms with van der Waals surface area (Å²) < 4.78 is 4.67. The molecule has 0 aromatic carbocycles. The van der Waals surface area contributed by atoms with Crippen LogP contribution in [0.5, 0.6) is 0 Å². The first-order chi connectivity index (χ1) is 6.27. The number of esters is 1. The minimum absolute atomic E-state index is 0.0862. The van der Waals surface area contributed by atoms with Crippen molar-refractivity contribution in [3.05, 3.63) is 0 Å². The van der Waals surface area contributed by atoms with Gasteiger partial charge in [-0.2, -0.15) is 0 Å². The summed E-state index contributed by atoms with van der Waals surface area (Å²) in [5, 5.41) is 3.71. The third-order valence-electron chi connectivity index (χ3n) is 2.16. The molecular formula is C9H17NO2S. The van der Waals surface area contributed by atoms with Crippen molar-refractivity contribution in [1.29, 1.82) is 0 Å². The lowest BCUT2D eigenvalue weighted by molar-refractivity contribution is -0.142. The number of nitrogens with one attached hydrogen (secondary N) is 1. The first kappa shape index (κ1) is 10.9. The van der Waals surface area contributed by atoms with Gasteiger partial charge in [0.15, 0.2) is 0 Å². The number of rotatable bonds is 4. The topological polar surface area (TPSA) is 38.3 Å². The number of thioether (sulfide) groups is 1. The normalized spacial score (nSPS) is 27.5. The molecule has 0 aromatic heterocycles. The van der Waals surface area contributed by atoms with Crippen molar-refractivity contribution in [2.24, 2.45) is 0 Å². The summed E-state index contributed by atoms with van der Waals surface area (Å²) in [6.07, 6.45) is 3.58. The Morgan fingerprint density at radius 3 is 3.08 bits per heavy atom. The second-order valence-electron chi connectivity index (χ2n) is 3.21. The zero-order valence-electron chi connectivity index (χ0n) is 8.21. The molecule has 1 saturated heterocycles. The lowest BCUT2D eigenvalue weighted by atomic mass is 10.2. The largest absolute Gasteiger partial charge is 0.468 e. The van der Waals surface area contributed by atoms with Gasteiger partial charge < -0.3 is 4.74 Å². The van der Waals surface area contributed by atoms with Gasteiger partial charge in [-0.3, -0.25) is 10.1 Å². The maximum absolute atomic E-state index is 11.1. The minimum Gasteiger partial charge on any atom is -0.468 e. The molecular weight excluding hydrogens is 186 g/mol. The van der Waals surface area contributed by atoms with Crippen LogP contribution >= 0.6 is 11.8 Å². The highest BCUT2D eigenvalue weighted by atomic mass is 32.2. The zero-order chi connectivity index (χ0) is 9.68. The Bertz CT molecular complexity index is 175. The highest BCUT2D eigenvalue weighted by Gasteiger charge is 2.29. The van der Waals surface area contributed by atoms with Gasteiger partial charge in [0.05, 0.1) is 12.5 Å². The van der Waals surface area contributed by atoms with Gasteiger partial charge in [-0.1, -0.05) is 19.8 Å². The van der Waals surface area contributed by atoms with Crippen molar-refractivity contribution in [2.75, 3.05) is 12.9 Å². The quantitative estimate of drug-likeness (QED) is 0.701. The van der Waals surface area contributed by atoms with Crippen molar-refractivity contribution in [3.8, 4) is 0 Å². The van der Waals surface area contributed by atoms with Crippen LogP contribution in [0.15, 0.2) is 0 Å². The predicted octanol–water partition coefficient (Wildman–Crippen LogP) is 1.38. The van der Waals surface area contributed by atoms with Crippen molar-refractivity contribution in [3.63, 3.8) is 0 Å². The van der Waals surface area contributed by atoms with Crippen LogP contribution in [0.25, 0.3) is 0 Å². The maximum Gasteiger partial charge on any atom is 0.323 e. The summed E-state index contributed by atoms with van der Waals surface area (Å²) in [6, 6.07) is -0.0862. The number of carbonyl (C=O) groups is 1. The number of ether oxygens (including phenoxy) is 1. The van der Waals surface area contributed by atoms with E-state index in [1.54, 1.807) is 0 Å². The standard InChI is InChI=1S/C9H17NO2S/c1-3-4-5-8-10-7(6-13-8)9(11)12-2/h7-8,10H,3-6H2,1-2H3/t7-,8+/m0/s1. The highest BCUT2D eigenvalue weighted by molar-refractivity contribution is 8.00. The SMILES string of the molecule is CCCC[C@@H]1N[C@H](C(=O)OC)CS1. The number of hydrogen-bond donors (Lipinski definition) is 1. The van der Waals surface area contributed by atoms with Gasteiger partial charge in [0.25, 0.3) is 0 Å². The first-order valence-corrected chi connectivity index (χ1v) is 5.78. The molecule has 1 N–H and O–H groups in total. The molecule has 0 amide bonds. The molecule has 0 radical (unpaired) electrons. The van der Waals surface area contributed by atoms with E-state index in [0.29, 0.717) is 5.37 Å². The Morgan fingerprint density at radius 2 is 2.46 bits per heavy atom. The van der Waals surface area contributed by atoms with E-state index in [9.17, 15) is 4.79 Å². The Labute approximate surface area is 83.6 Å². The Balaban J connectivity index is 2.23. The minimum atomic E-state index is -0.133. The predicted molar refractivity (Wildman–Crippen MR) is 54.7 cm³/mol. The molecule has 13 heavy (non-hydrogen) atoms. The molecule has 0 aromatic rings. The lowest BCUT2D eigenvalue weighted by Gasteiger charge is -2.10. The van der Waals surface area contributed by atoms with Gasteiger partial charge in [0, 0.05) is 5.75 Å². The Kier molecular flexibility index (Phi) is 4.59. The van der Waals surface area contributed by atoms with E-state index < -0.39 is 0 Å². The molecule has 4 heteroatoms. The molecule has 76 valence electrons. The van der Waals surface area contributed by atoms with Gasteiger partial charge in [0.1, 0.15) is 6.04 Å². The van der Waals surface area contributed by atoms with Gasteiger partial charge >= 0.3 is 5.97 Å². The van der Waals surface area contributed by atoms with E-state index in [1.807, 2.05) is 11.8 Å². The molecule has 1 aliphatic heterocycles. The molecule has 0 spiro atoms. The van der Waals surface area contributed by atoms with Crippen LogP contribution in [0.1, 0.15) is 26.2 Å². The average molecular weight is 203 g/mol. The van der Waals surface area contributed by atoms with Crippen LogP contribution in [-0.4, -0.2) is 30.2 Å². The monoisotopic (exact) mass is 203 g/mol. The van der Waals surface area contributed by atoms with Crippen molar-refractivity contribution >= 4 is 17.7 Å². The summed E-state index contributed by atoms with van der Waals surface area (Å²) in [5.74, 6) is 0.715. The number of carbonyl (C=O) groups excluding carboxylic acids is 1. The van der Waals surface area contributed by atoms with Crippen LogP contribution in [-0.2, 0) is 9.53 Å². The van der Waals surface area contributed by atoms with Gasteiger partial charge in [0.2, 0.25) is 0 Å². The summed E-state index contributed by atoms with van der Waals surface area (Å²) in [4.78, 5) is 11.1. The van der Waals surface area contributed by atoms with E-state index in [0.717, 1.165) is 12.2 Å². The molecule has 0 aliphatic carbocycles. The van der Waals surface area contributed by atoms with Gasteiger partial charge in [-0.05, 0) is 6.42 Å². The fourth-order valence-corrected chi connectivity index (χ4v) is 2.62. The van der Waals surface area contributed by atoms with Gasteiger partial charge in [-0.25, -0.2) is 0 Å². The molecule has 2 atom stereocenters. The molecule has 0 unspecified atom stereocenters. The molecule has 0 bridgehead atoms. The maximum atomic E-state index is 11.1. The van der Waals surface area contributed by atoms with Crippen molar-refractivity contribution in [1.82, 2.24) is 5.32 Å². The van der Waals surface area contributed by atoms with Crippen LogP contribution in [0.3, 0.4) is 0 Å². The fourth-order valence-electron chi connectivity index (χ4n) is 1.37. The van der Waals surface area contributed by atoms with Gasteiger partial charge in [-0.15, -0.1) is 11.8 Å². The second-order valence-corrected chi connectivity index (χ2v) is 4.44. The first-order valence-electron chi connectivity index (χ1n) is 4.73. The van der Waals surface area contributed by atoms with Crippen molar-refractivity contribution < 1.29 is 9.53 Å². The summed E-state index contributed by atoms with van der Waals surface area (Å²) in [6.45, 7) is 2.18. The van der Waals surface area contributed by atoms with Crippen LogP contribution in [0.2, 0.25) is 0 Å². The van der Waals surface area contributed by atoms with E-state index in [1.165, 1.54) is 20.0 Å². The van der Waals surface area contributed by atoms with E-state index in [-0.39, 0.29) is 12.0 Å². The number of unbranched alkanes of at least 4 members (excludes halogenated alkanes) is 1. The summed E-state index contributed by atoms with van der Waals surface area (Å²) >= 11 is 1.82.